The molecule has 2 amide bonds. The van der Waals surface area contributed by atoms with Crippen LogP contribution < -0.4 is 0 Å². The molecule has 2 aliphatic rings. The number of carbonyl (C=O) groups is 3. The Bertz CT molecular complexity index is 836. The van der Waals surface area contributed by atoms with Crippen LogP contribution in [0.5, 0.6) is 0 Å². The number of imide groups is 1. The number of nitrogens with zero attached hydrogens (tertiary/aromatic N) is 2. The van der Waals surface area contributed by atoms with Crippen molar-refractivity contribution in [3.05, 3.63) is 42.3 Å². The third-order valence-electron chi connectivity index (χ3n) is 5.17. The number of carbonyl (C=O) groups excluding carboxylic acids is 3. The van der Waals surface area contributed by atoms with Gasteiger partial charge in [0.15, 0.2) is 0 Å². The maximum absolute atomic E-state index is 12.4. The third-order valence-corrected chi connectivity index (χ3v) is 5.17. The summed E-state index contributed by atoms with van der Waals surface area (Å²) in [7, 11) is 0. The Balaban J connectivity index is 1.33. The summed E-state index contributed by atoms with van der Waals surface area (Å²) in [4.78, 5) is 42.2. The molecule has 2 heterocycles. The standard InChI is InChI=1S/C20H20N2O5/c23-17(10-22-19(24)15-8-4-5-9-16(15)20(22)25)26-11-14-12-27-18(21-14)13-6-2-1-3-7-13/h1-3,6-7,12,15-16H,4-5,8-11H2. The number of likely N-dealkylation sites (tertiary alicyclic amines) is 1. The van der Waals surface area contributed by atoms with Crippen molar-refractivity contribution < 1.29 is 23.5 Å². The van der Waals surface area contributed by atoms with Crippen molar-refractivity contribution in [2.75, 3.05) is 6.54 Å². The number of esters is 1. The van der Waals surface area contributed by atoms with E-state index in [1.165, 1.54) is 6.26 Å². The van der Waals surface area contributed by atoms with Crippen LogP contribution in [0.3, 0.4) is 0 Å². The highest BCUT2D eigenvalue weighted by molar-refractivity contribution is 6.07. The summed E-state index contributed by atoms with van der Waals surface area (Å²) in [6.07, 6.45) is 4.78. The van der Waals surface area contributed by atoms with Gasteiger partial charge in [0.05, 0.1) is 11.8 Å². The Labute approximate surface area is 156 Å². The van der Waals surface area contributed by atoms with Crippen molar-refractivity contribution in [3.8, 4) is 11.5 Å². The van der Waals surface area contributed by atoms with E-state index < -0.39 is 5.97 Å². The van der Waals surface area contributed by atoms with Gasteiger partial charge in [0.25, 0.3) is 0 Å². The molecule has 0 spiro atoms. The van der Waals surface area contributed by atoms with E-state index in [1.54, 1.807) is 0 Å². The molecule has 1 aliphatic carbocycles. The van der Waals surface area contributed by atoms with Crippen molar-refractivity contribution in [1.29, 1.82) is 0 Å². The normalized spacial score (nSPS) is 22.0. The summed E-state index contributed by atoms with van der Waals surface area (Å²) < 4.78 is 10.6. The van der Waals surface area contributed by atoms with Gasteiger partial charge in [-0.1, -0.05) is 31.0 Å². The minimum atomic E-state index is -0.625. The van der Waals surface area contributed by atoms with Crippen LogP contribution in [0.1, 0.15) is 31.4 Å². The first-order chi connectivity index (χ1) is 13.1. The van der Waals surface area contributed by atoms with Gasteiger partial charge in [-0.3, -0.25) is 19.3 Å². The van der Waals surface area contributed by atoms with E-state index in [9.17, 15) is 14.4 Å². The number of hydrogen-bond acceptors (Lipinski definition) is 6. The lowest BCUT2D eigenvalue weighted by molar-refractivity contribution is -0.153. The molecule has 4 rings (SSSR count). The fraction of sp³-hybridized carbons (Fsp3) is 0.400. The summed E-state index contributed by atoms with van der Waals surface area (Å²) in [6.45, 7) is -0.410. The molecule has 1 aromatic heterocycles. The molecule has 2 atom stereocenters. The van der Waals surface area contributed by atoms with Crippen molar-refractivity contribution >= 4 is 17.8 Å². The first-order valence-electron chi connectivity index (χ1n) is 9.14. The SMILES string of the molecule is O=C(CN1C(=O)C2CCCCC2C1=O)OCc1coc(-c2ccccc2)n1. The number of aromatic nitrogens is 1. The van der Waals surface area contributed by atoms with Crippen LogP contribution in [0, 0.1) is 11.8 Å². The number of fused-ring (bicyclic) bond motifs is 1. The van der Waals surface area contributed by atoms with E-state index in [2.05, 4.69) is 4.98 Å². The average Bonchev–Trinajstić information content (AvgIpc) is 3.27. The van der Waals surface area contributed by atoms with E-state index in [0.717, 1.165) is 36.1 Å². The zero-order valence-corrected chi connectivity index (χ0v) is 14.8. The van der Waals surface area contributed by atoms with Crippen LogP contribution in [-0.4, -0.2) is 34.2 Å². The molecule has 0 radical (unpaired) electrons. The largest absolute Gasteiger partial charge is 0.458 e. The van der Waals surface area contributed by atoms with Crippen LogP contribution in [0.15, 0.2) is 41.0 Å². The van der Waals surface area contributed by atoms with Crippen molar-refractivity contribution in [2.24, 2.45) is 11.8 Å². The van der Waals surface area contributed by atoms with Crippen LogP contribution in [0.25, 0.3) is 11.5 Å². The Morgan fingerprint density at radius 3 is 2.44 bits per heavy atom. The van der Waals surface area contributed by atoms with E-state index >= 15 is 0 Å². The highest BCUT2D eigenvalue weighted by Crippen LogP contribution is 2.37. The minimum absolute atomic E-state index is 0.0712. The van der Waals surface area contributed by atoms with Gasteiger partial charge in [0, 0.05) is 5.56 Å². The zero-order valence-electron chi connectivity index (χ0n) is 14.8. The molecule has 27 heavy (non-hydrogen) atoms. The van der Waals surface area contributed by atoms with E-state index in [1.807, 2.05) is 30.3 Å². The first-order valence-corrected chi connectivity index (χ1v) is 9.14. The maximum atomic E-state index is 12.4. The number of oxazole rings is 1. The summed E-state index contributed by atoms with van der Waals surface area (Å²) in [5.41, 5.74) is 1.29. The molecular formula is C20H20N2O5. The predicted molar refractivity (Wildman–Crippen MR) is 93.9 cm³/mol. The van der Waals surface area contributed by atoms with E-state index in [-0.39, 0.29) is 36.8 Å². The van der Waals surface area contributed by atoms with Crippen molar-refractivity contribution in [1.82, 2.24) is 9.88 Å². The Morgan fingerprint density at radius 1 is 1.11 bits per heavy atom. The van der Waals surface area contributed by atoms with Crippen LogP contribution in [0.2, 0.25) is 0 Å². The van der Waals surface area contributed by atoms with Gasteiger partial charge in [-0.2, -0.15) is 0 Å². The quantitative estimate of drug-likeness (QED) is 0.595. The number of ether oxygens (including phenoxy) is 1. The summed E-state index contributed by atoms with van der Waals surface area (Å²) in [5.74, 6) is -1.19. The molecule has 1 aromatic carbocycles. The summed E-state index contributed by atoms with van der Waals surface area (Å²) in [5, 5.41) is 0. The molecule has 2 unspecified atom stereocenters. The fourth-order valence-corrected chi connectivity index (χ4v) is 3.80. The molecule has 7 heteroatoms. The Hall–Kier alpha value is -2.96. The third kappa shape index (κ3) is 3.49. The summed E-state index contributed by atoms with van der Waals surface area (Å²) in [6, 6.07) is 9.38. The molecule has 0 N–H and O–H groups in total. The van der Waals surface area contributed by atoms with Gasteiger partial charge in [0.2, 0.25) is 17.7 Å². The summed E-state index contributed by atoms with van der Waals surface area (Å²) >= 11 is 0. The van der Waals surface area contributed by atoms with Gasteiger partial charge in [0.1, 0.15) is 25.1 Å². The van der Waals surface area contributed by atoms with Crippen LogP contribution >= 0.6 is 0 Å². The number of hydrogen-bond donors (Lipinski definition) is 0. The van der Waals surface area contributed by atoms with Gasteiger partial charge < -0.3 is 9.15 Å². The number of amides is 2. The molecule has 0 bridgehead atoms. The molecule has 1 aliphatic heterocycles. The molecule has 1 saturated carbocycles. The second-order valence-electron chi connectivity index (χ2n) is 6.93. The Morgan fingerprint density at radius 2 is 1.78 bits per heavy atom. The molecule has 1 saturated heterocycles. The number of benzene rings is 1. The lowest BCUT2D eigenvalue weighted by atomic mass is 9.81. The van der Waals surface area contributed by atoms with Gasteiger partial charge in [-0.15, -0.1) is 0 Å². The molecule has 2 fully saturated rings. The smallest absolute Gasteiger partial charge is 0.326 e. The molecule has 140 valence electrons. The maximum Gasteiger partial charge on any atom is 0.326 e. The van der Waals surface area contributed by atoms with Gasteiger partial charge in [-0.05, 0) is 25.0 Å². The van der Waals surface area contributed by atoms with Crippen molar-refractivity contribution in [3.63, 3.8) is 0 Å². The van der Waals surface area contributed by atoms with Crippen LogP contribution in [0.4, 0.5) is 0 Å². The molecular weight excluding hydrogens is 348 g/mol. The minimum Gasteiger partial charge on any atom is -0.458 e. The average molecular weight is 368 g/mol. The lowest BCUT2D eigenvalue weighted by Gasteiger charge is -2.19. The van der Waals surface area contributed by atoms with Crippen LogP contribution in [-0.2, 0) is 25.7 Å². The fourth-order valence-electron chi connectivity index (χ4n) is 3.80. The highest BCUT2D eigenvalue weighted by Gasteiger charge is 2.48. The monoisotopic (exact) mass is 368 g/mol. The zero-order chi connectivity index (χ0) is 18.8. The lowest BCUT2D eigenvalue weighted by Crippen LogP contribution is -2.36. The van der Waals surface area contributed by atoms with Gasteiger partial charge >= 0.3 is 5.97 Å². The number of rotatable bonds is 5. The molecule has 7 nitrogen and oxygen atoms in total. The van der Waals surface area contributed by atoms with E-state index in [4.69, 9.17) is 9.15 Å². The second kappa shape index (κ2) is 7.34. The first kappa shape index (κ1) is 17.5. The second-order valence-corrected chi connectivity index (χ2v) is 6.93. The van der Waals surface area contributed by atoms with Gasteiger partial charge in [-0.25, -0.2) is 4.98 Å². The highest BCUT2D eigenvalue weighted by atomic mass is 16.5. The topological polar surface area (TPSA) is 89.7 Å². The van der Waals surface area contributed by atoms with E-state index in [0.29, 0.717) is 11.6 Å². The predicted octanol–water partition coefficient (Wildman–Crippen LogP) is 2.56. The molecule has 2 aromatic rings. The Kier molecular flexibility index (Phi) is 4.75. The van der Waals surface area contributed by atoms with Crippen molar-refractivity contribution in [2.45, 2.75) is 32.3 Å².